The van der Waals surface area contributed by atoms with Gasteiger partial charge < -0.3 is 10.5 Å². The van der Waals surface area contributed by atoms with Crippen molar-refractivity contribution in [3.05, 3.63) is 63.6 Å². The van der Waals surface area contributed by atoms with Crippen LogP contribution in [0.25, 0.3) is 0 Å². The second-order valence-corrected chi connectivity index (χ2v) is 5.77. The van der Waals surface area contributed by atoms with Crippen LogP contribution in [0, 0.1) is 11.6 Å². The summed E-state index contributed by atoms with van der Waals surface area (Å²) < 4.78 is 32.3. The molecule has 5 heteroatoms. The number of nitrogens with two attached hydrogens (primary N) is 1. The maximum atomic E-state index is 13.1. The molecule has 2 aromatic carbocycles. The number of hydrogen-bond acceptors (Lipinski definition) is 2. The normalized spacial score (nSPS) is 12.2. The Kier molecular flexibility index (Phi) is 5.31. The highest BCUT2D eigenvalue weighted by Gasteiger charge is 2.09. The predicted octanol–water partition coefficient (Wildman–Crippen LogP) is 3.85. The quantitative estimate of drug-likeness (QED) is 0.883. The van der Waals surface area contributed by atoms with E-state index in [1.807, 2.05) is 18.2 Å². The van der Waals surface area contributed by atoms with Crippen LogP contribution in [0.4, 0.5) is 8.78 Å². The number of benzene rings is 2. The molecule has 112 valence electrons. The van der Waals surface area contributed by atoms with Gasteiger partial charge in [0.15, 0.2) is 0 Å². The lowest BCUT2D eigenvalue weighted by atomic mass is 9.99. The van der Waals surface area contributed by atoms with Crippen LogP contribution in [0.15, 0.2) is 40.9 Å². The second kappa shape index (κ2) is 7.00. The van der Waals surface area contributed by atoms with Gasteiger partial charge in [0.05, 0.1) is 11.6 Å². The second-order valence-electron chi connectivity index (χ2n) is 4.91. The fourth-order valence-corrected chi connectivity index (χ4v) is 2.83. The molecule has 0 aliphatic carbocycles. The van der Waals surface area contributed by atoms with Gasteiger partial charge in [-0.05, 0) is 64.2 Å². The molecule has 0 aliphatic heterocycles. The van der Waals surface area contributed by atoms with Crippen molar-refractivity contribution in [1.29, 1.82) is 0 Å². The molecule has 1 unspecified atom stereocenters. The van der Waals surface area contributed by atoms with E-state index in [1.54, 1.807) is 7.11 Å². The van der Waals surface area contributed by atoms with Gasteiger partial charge in [-0.25, -0.2) is 8.78 Å². The van der Waals surface area contributed by atoms with Crippen LogP contribution in [-0.2, 0) is 12.8 Å². The van der Waals surface area contributed by atoms with E-state index in [0.29, 0.717) is 18.4 Å². The summed E-state index contributed by atoms with van der Waals surface area (Å²) in [6.07, 6.45) is 1.03. The molecule has 2 N–H and O–H groups in total. The van der Waals surface area contributed by atoms with Crippen molar-refractivity contribution in [2.24, 2.45) is 5.73 Å². The number of methoxy groups -OCH3 is 1. The molecule has 1 atom stereocenters. The first kappa shape index (κ1) is 15.9. The molecular weight excluding hydrogens is 340 g/mol. The number of ether oxygens (including phenoxy) is 1. The maximum absolute atomic E-state index is 13.1. The molecule has 0 saturated heterocycles. The number of rotatable bonds is 5. The van der Waals surface area contributed by atoms with E-state index in [-0.39, 0.29) is 6.04 Å². The molecule has 2 aromatic rings. The van der Waals surface area contributed by atoms with E-state index in [2.05, 4.69) is 15.9 Å². The topological polar surface area (TPSA) is 35.2 Å². The summed E-state index contributed by atoms with van der Waals surface area (Å²) in [6, 6.07) is 8.98. The summed E-state index contributed by atoms with van der Waals surface area (Å²) in [4.78, 5) is 0. The zero-order valence-corrected chi connectivity index (χ0v) is 13.2. The zero-order valence-electron chi connectivity index (χ0n) is 11.6. The smallest absolute Gasteiger partial charge is 0.133 e. The first-order valence-corrected chi connectivity index (χ1v) is 7.30. The highest BCUT2D eigenvalue weighted by atomic mass is 79.9. The van der Waals surface area contributed by atoms with E-state index in [4.69, 9.17) is 10.5 Å². The van der Waals surface area contributed by atoms with Gasteiger partial charge in [-0.2, -0.15) is 0 Å². The largest absolute Gasteiger partial charge is 0.496 e. The number of halogens is 3. The van der Waals surface area contributed by atoms with Gasteiger partial charge in [0.2, 0.25) is 0 Å². The first-order chi connectivity index (χ1) is 9.97. The van der Waals surface area contributed by atoms with Crippen molar-refractivity contribution in [2.45, 2.75) is 18.9 Å². The summed E-state index contributed by atoms with van der Waals surface area (Å²) in [7, 11) is 1.60. The van der Waals surface area contributed by atoms with Gasteiger partial charge in [-0.15, -0.1) is 0 Å². The Morgan fingerprint density at radius 3 is 2.24 bits per heavy atom. The Bertz CT molecular complexity index is 613. The molecule has 0 bridgehead atoms. The minimum atomic E-state index is -0.579. The van der Waals surface area contributed by atoms with Crippen LogP contribution < -0.4 is 10.5 Å². The van der Waals surface area contributed by atoms with E-state index in [9.17, 15) is 8.78 Å². The Hall–Kier alpha value is -1.46. The highest BCUT2D eigenvalue weighted by molar-refractivity contribution is 9.10. The van der Waals surface area contributed by atoms with Gasteiger partial charge in [0.25, 0.3) is 0 Å². The third-order valence-electron chi connectivity index (χ3n) is 3.13. The highest BCUT2D eigenvalue weighted by Crippen LogP contribution is 2.26. The van der Waals surface area contributed by atoms with Gasteiger partial charge in [-0.1, -0.05) is 6.07 Å². The monoisotopic (exact) mass is 355 g/mol. The zero-order chi connectivity index (χ0) is 15.4. The Labute approximate surface area is 131 Å². The fraction of sp³-hybridized carbons (Fsp3) is 0.250. The van der Waals surface area contributed by atoms with E-state index in [1.165, 1.54) is 12.1 Å². The molecule has 0 saturated carbocycles. The van der Waals surface area contributed by atoms with E-state index < -0.39 is 11.6 Å². The van der Waals surface area contributed by atoms with Gasteiger partial charge in [0.1, 0.15) is 17.4 Å². The lowest BCUT2D eigenvalue weighted by Gasteiger charge is -2.13. The van der Waals surface area contributed by atoms with Crippen LogP contribution in [-0.4, -0.2) is 13.2 Å². The average molecular weight is 356 g/mol. The Morgan fingerprint density at radius 1 is 1.05 bits per heavy atom. The van der Waals surface area contributed by atoms with Crippen LogP contribution in [0.1, 0.15) is 11.1 Å². The summed E-state index contributed by atoms with van der Waals surface area (Å²) >= 11 is 3.42. The maximum Gasteiger partial charge on any atom is 0.133 e. The Balaban J connectivity index is 2.04. The molecule has 0 fully saturated rings. The predicted molar refractivity (Wildman–Crippen MR) is 82.4 cm³/mol. The molecule has 21 heavy (non-hydrogen) atoms. The molecule has 0 aromatic heterocycles. The molecule has 0 aliphatic rings. The van der Waals surface area contributed by atoms with Gasteiger partial charge >= 0.3 is 0 Å². The molecule has 2 nitrogen and oxygen atoms in total. The van der Waals surface area contributed by atoms with Crippen LogP contribution in [0.3, 0.4) is 0 Å². The van der Waals surface area contributed by atoms with Crippen LogP contribution >= 0.6 is 15.9 Å². The minimum Gasteiger partial charge on any atom is -0.496 e. The van der Waals surface area contributed by atoms with Crippen LogP contribution in [0.2, 0.25) is 0 Å². The average Bonchev–Trinajstić information content (AvgIpc) is 2.37. The van der Waals surface area contributed by atoms with Gasteiger partial charge in [0, 0.05) is 12.1 Å². The Morgan fingerprint density at radius 2 is 1.67 bits per heavy atom. The summed E-state index contributed by atoms with van der Waals surface area (Å²) in [6.45, 7) is 0. The lowest BCUT2D eigenvalue weighted by molar-refractivity contribution is 0.412. The minimum absolute atomic E-state index is 0.216. The molecule has 0 spiro atoms. The summed E-state index contributed by atoms with van der Waals surface area (Å²) in [5, 5.41) is 0. The van der Waals surface area contributed by atoms with Crippen LogP contribution in [0.5, 0.6) is 5.75 Å². The van der Waals surface area contributed by atoms with Crippen molar-refractivity contribution in [1.82, 2.24) is 0 Å². The van der Waals surface area contributed by atoms with Crippen molar-refractivity contribution in [2.75, 3.05) is 7.11 Å². The lowest BCUT2D eigenvalue weighted by Crippen LogP contribution is -2.25. The van der Waals surface area contributed by atoms with Crippen molar-refractivity contribution >= 4 is 15.9 Å². The molecular formula is C16H16BrF2NO. The first-order valence-electron chi connectivity index (χ1n) is 6.51. The number of hydrogen-bond donors (Lipinski definition) is 1. The molecule has 0 heterocycles. The van der Waals surface area contributed by atoms with Crippen molar-refractivity contribution in [3.8, 4) is 5.75 Å². The van der Waals surface area contributed by atoms with E-state index in [0.717, 1.165) is 21.9 Å². The van der Waals surface area contributed by atoms with Crippen molar-refractivity contribution in [3.63, 3.8) is 0 Å². The molecule has 0 radical (unpaired) electrons. The van der Waals surface area contributed by atoms with Gasteiger partial charge in [-0.3, -0.25) is 0 Å². The third kappa shape index (κ3) is 4.51. The third-order valence-corrected chi connectivity index (χ3v) is 3.75. The SMILES string of the molecule is COc1ccc(CC(N)Cc2cc(F)cc(F)c2)cc1Br. The standard InChI is InChI=1S/C16H16BrF2NO/c1-21-16-3-2-10(8-15(16)17)6-14(20)7-11-4-12(18)9-13(19)5-11/h2-5,8-9,14H,6-7,20H2,1H3. The molecule has 2 rings (SSSR count). The molecule has 0 amide bonds. The summed E-state index contributed by atoms with van der Waals surface area (Å²) in [5.41, 5.74) is 7.66. The summed E-state index contributed by atoms with van der Waals surface area (Å²) in [5.74, 6) is -0.409. The van der Waals surface area contributed by atoms with Crippen molar-refractivity contribution < 1.29 is 13.5 Å². The van der Waals surface area contributed by atoms with E-state index >= 15 is 0 Å². The fourth-order valence-electron chi connectivity index (χ4n) is 2.24.